The first-order chi connectivity index (χ1) is 14.2. The van der Waals surface area contributed by atoms with E-state index in [0.717, 1.165) is 32.9 Å². The quantitative estimate of drug-likeness (QED) is 0.552. The Morgan fingerprint density at radius 1 is 1.03 bits per heavy atom. The number of aliphatic imine (C=N–C) groups is 1. The average molecular weight is 451 g/mol. The summed E-state index contributed by atoms with van der Waals surface area (Å²) in [6.45, 7) is 0.839. The predicted molar refractivity (Wildman–Crippen MR) is 120 cm³/mol. The molecule has 29 heavy (non-hydrogen) atoms. The highest BCUT2D eigenvalue weighted by atomic mass is 79.9. The lowest BCUT2D eigenvalue weighted by molar-refractivity contribution is 0.254. The Labute approximate surface area is 179 Å². The molecule has 0 unspecified atom stereocenters. The monoisotopic (exact) mass is 450 g/mol. The standard InChI is InChI=1S/C24H23BrN2O2/c1-29-20-11-8-18(9-12-20)24-26-22-13-10-19(25)16-21(22)23(27(24)14-5-15-28)17-6-3-2-4-7-17/h2-4,6-13,16,23,28H,5,14-15H2,1H3/t23-/m1/s1. The van der Waals surface area contributed by atoms with Crippen molar-refractivity contribution in [3.05, 3.63) is 94.0 Å². The molecule has 0 amide bonds. The van der Waals surface area contributed by atoms with E-state index in [0.29, 0.717) is 13.0 Å². The van der Waals surface area contributed by atoms with Crippen molar-refractivity contribution >= 4 is 27.5 Å². The van der Waals surface area contributed by atoms with Gasteiger partial charge >= 0.3 is 0 Å². The lowest BCUT2D eigenvalue weighted by Gasteiger charge is -2.39. The zero-order valence-electron chi connectivity index (χ0n) is 16.3. The van der Waals surface area contributed by atoms with Crippen LogP contribution in [0.5, 0.6) is 5.75 Å². The van der Waals surface area contributed by atoms with E-state index in [-0.39, 0.29) is 12.6 Å². The van der Waals surface area contributed by atoms with Gasteiger partial charge in [0, 0.05) is 28.8 Å². The molecule has 0 saturated heterocycles. The van der Waals surface area contributed by atoms with Crippen LogP contribution < -0.4 is 4.74 Å². The lowest BCUT2D eigenvalue weighted by Crippen LogP contribution is -2.39. The van der Waals surface area contributed by atoms with Gasteiger partial charge in [0.2, 0.25) is 0 Å². The van der Waals surface area contributed by atoms with Gasteiger partial charge in [-0.2, -0.15) is 0 Å². The third-order valence-corrected chi connectivity index (χ3v) is 5.61. The number of fused-ring (bicyclic) bond motifs is 1. The minimum absolute atomic E-state index is 0.0184. The molecule has 0 bridgehead atoms. The van der Waals surface area contributed by atoms with Crippen LogP contribution in [0.2, 0.25) is 0 Å². The molecule has 5 heteroatoms. The number of aliphatic hydroxyl groups is 1. The number of rotatable bonds is 6. The van der Waals surface area contributed by atoms with Crippen LogP contribution >= 0.6 is 15.9 Å². The fourth-order valence-electron chi connectivity index (χ4n) is 3.76. The molecule has 148 valence electrons. The second-order valence-corrected chi connectivity index (χ2v) is 7.87. The molecule has 1 heterocycles. The molecule has 4 rings (SSSR count). The smallest absolute Gasteiger partial charge is 0.137 e. The minimum Gasteiger partial charge on any atom is -0.497 e. The summed E-state index contributed by atoms with van der Waals surface area (Å²) in [5.74, 6) is 1.72. The molecule has 3 aromatic rings. The van der Waals surface area contributed by atoms with Crippen LogP contribution in [0.1, 0.15) is 29.2 Å². The van der Waals surface area contributed by atoms with E-state index in [2.05, 4.69) is 57.2 Å². The second-order valence-electron chi connectivity index (χ2n) is 6.95. The molecule has 1 atom stereocenters. The summed E-state index contributed by atoms with van der Waals surface area (Å²) >= 11 is 3.62. The van der Waals surface area contributed by atoms with Crippen molar-refractivity contribution in [2.45, 2.75) is 12.5 Å². The van der Waals surface area contributed by atoms with Crippen LogP contribution in [-0.4, -0.2) is 36.1 Å². The molecule has 0 saturated carbocycles. The molecule has 3 aromatic carbocycles. The van der Waals surface area contributed by atoms with Crippen LogP contribution in [0.4, 0.5) is 5.69 Å². The third kappa shape index (κ3) is 4.07. The Balaban J connectivity index is 1.89. The van der Waals surface area contributed by atoms with E-state index in [1.54, 1.807) is 7.11 Å². The van der Waals surface area contributed by atoms with Crippen molar-refractivity contribution in [1.82, 2.24) is 4.90 Å². The van der Waals surface area contributed by atoms with E-state index in [9.17, 15) is 5.11 Å². The minimum atomic E-state index is 0.0184. The summed E-state index contributed by atoms with van der Waals surface area (Å²) in [6.07, 6.45) is 0.668. The molecular formula is C24H23BrN2O2. The molecule has 0 spiro atoms. The average Bonchev–Trinajstić information content (AvgIpc) is 2.77. The number of halogens is 1. The largest absolute Gasteiger partial charge is 0.497 e. The van der Waals surface area contributed by atoms with Crippen molar-refractivity contribution in [3.8, 4) is 5.75 Å². The molecule has 1 aliphatic rings. The van der Waals surface area contributed by atoms with Gasteiger partial charge in [0.25, 0.3) is 0 Å². The fourth-order valence-corrected chi connectivity index (χ4v) is 4.13. The number of ether oxygens (including phenoxy) is 1. The number of hydrogen-bond acceptors (Lipinski definition) is 4. The van der Waals surface area contributed by atoms with Gasteiger partial charge < -0.3 is 14.7 Å². The Morgan fingerprint density at radius 2 is 1.79 bits per heavy atom. The molecular weight excluding hydrogens is 428 g/mol. The maximum absolute atomic E-state index is 9.53. The Hall–Kier alpha value is -2.63. The van der Waals surface area contributed by atoms with Gasteiger partial charge in [-0.25, -0.2) is 4.99 Å². The topological polar surface area (TPSA) is 45.1 Å². The SMILES string of the molecule is COc1ccc(C2=Nc3ccc(Br)cc3[C@@H](c3ccccc3)N2CCCO)cc1. The van der Waals surface area contributed by atoms with Gasteiger partial charge in [-0.3, -0.25) is 0 Å². The molecule has 0 aromatic heterocycles. The highest BCUT2D eigenvalue weighted by Gasteiger charge is 2.31. The number of nitrogens with zero attached hydrogens (tertiary/aromatic N) is 2. The third-order valence-electron chi connectivity index (χ3n) is 5.11. The van der Waals surface area contributed by atoms with E-state index in [4.69, 9.17) is 9.73 Å². The summed E-state index contributed by atoms with van der Waals surface area (Å²) in [7, 11) is 1.67. The number of amidine groups is 1. The first kappa shape index (κ1) is 19.7. The van der Waals surface area contributed by atoms with Gasteiger partial charge in [-0.15, -0.1) is 0 Å². The van der Waals surface area contributed by atoms with E-state index >= 15 is 0 Å². The van der Waals surface area contributed by atoms with Crippen molar-refractivity contribution in [2.24, 2.45) is 4.99 Å². The molecule has 1 N–H and O–H groups in total. The Bertz CT molecular complexity index is 1000. The first-order valence-electron chi connectivity index (χ1n) is 9.66. The Kier molecular flexibility index (Phi) is 5.97. The van der Waals surface area contributed by atoms with Gasteiger partial charge in [0.05, 0.1) is 18.8 Å². The number of aliphatic hydroxyl groups excluding tert-OH is 1. The van der Waals surface area contributed by atoms with Crippen LogP contribution in [0.3, 0.4) is 0 Å². The summed E-state index contributed by atoms with van der Waals surface area (Å²) in [5.41, 5.74) is 4.35. The molecule has 0 radical (unpaired) electrons. The zero-order valence-corrected chi connectivity index (χ0v) is 17.8. The highest BCUT2D eigenvalue weighted by Crippen LogP contribution is 2.41. The van der Waals surface area contributed by atoms with Crippen molar-refractivity contribution in [2.75, 3.05) is 20.3 Å². The van der Waals surface area contributed by atoms with Crippen LogP contribution in [0, 0.1) is 0 Å². The zero-order chi connectivity index (χ0) is 20.2. The van der Waals surface area contributed by atoms with Crippen LogP contribution in [0.15, 0.2) is 82.3 Å². The van der Waals surface area contributed by atoms with Gasteiger partial charge in [0.1, 0.15) is 11.6 Å². The molecule has 0 aliphatic carbocycles. The number of methoxy groups -OCH3 is 1. The molecule has 0 fully saturated rings. The van der Waals surface area contributed by atoms with Gasteiger partial charge in [0.15, 0.2) is 0 Å². The maximum Gasteiger partial charge on any atom is 0.137 e. The van der Waals surface area contributed by atoms with E-state index in [1.165, 1.54) is 5.56 Å². The van der Waals surface area contributed by atoms with E-state index in [1.807, 2.05) is 36.4 Å². The summed E-state index contributed by atoms with van der Waals surface area (Å²) < 4.78 is 6.35. The summed E-state index contributed by atoms with van der Waals surface area (Å²) in [6, 6.07) is 24.7. The molecule has 4 nitrogen and oxygen atoms in total. The number of hydrogen-bond donors (Lipinski definition) is 1. The lowest BCUT2D eigenvalue weighted by atomic mass is 9.92. The summed E-state index contributed by atoms with van der Waals surface area (Å²) in [5, 5.41) is 9.53. The first-order valence-corrected chi connectivity index (χ1v) is 10.5. The van der Waals surface area contributed by atoms with Gasteiger partial charge in [-0.1, -0.05) is 46.3 Å². The predicted octanol–water partition coefficient (Wildman–Crippen LogP) is 5.32. The van der Waals surface area contributed by atoms with Crippen molar-refractivity contribution < 1.29 is 9.84 Å². The molecule has 1 aliphatic heterocycles. The van der Waals surface area contributed by atoms with Crippen molar-refractivity contribution in [3.63, 3.8) is 0 Å². The van der Waals surface area contributed by atoms with E-state index < -0.39 is 0 Å². The Morgan fingerprint density at radius 3 is 2.48 bits per heavy atom. The maximum atomic E-state index is 9.53. The fraction of sp³-hybridized carbons (Fsp3) is 0.208. The van der Waals surface area contributed by atoms with Gasteiger partial charge in [-0.05, 0) is 54.4 Å². The van der Waals surface area contributed by atoms with Crippen LogP contribution in [-0.2, 0) is 0 Å². The van der Waals surface area contributed by atoms with Crippen LogP contribution in [0.25, 0.3) is 0 Å². The normalized spacial score (nSPS) is 15.6. The number of benzene rings is 3. The van der Waals surface area contributed by atoms with Crippen molar-refractivity contribution in [1.29, 1.82) is 0 Å². The highest BCUT2D eigenvalue weighted by molar-refractivity contribution is 9.10. The summed E-state index contributed by atoms with van der Waals surface area (Å²) in [4.78, 5) is 7.32. The second kappa shape index (κ2) is 8.80.